The van der Waals surface area contributed by atoms with Gasteiger partial charge in [0, 0.05) is 0 Å². The predicted octanol–water partition coefficient (Wildman–Crippen LogP) is 1.84. The van der Waals surface area contributed by atoms with E-state index in [0.717, 1.165) is 5.75 Å². The molecule has 1 nitrogen and oxygen atoms in total. The number of hydrogen-bond acceptors (Lipinski definition) is 2. The van der Waals surface area contributed by atoms with E-state index in [-0.39, 0.29) is 5.12 Å². The van der Waals surface area contributed by atoms with Gasteiger partial charge < -0.3 is 0 Å². The molecule has 0 aromatic rings. The van der Waals surface area contributed by atoms with Crippen LogP contribution in [0.3, 0.4) is 0 Å². The summed E-state index contributed by atoms with van der Waals surface area (Å²) < 4.78 is 0. The lowest BCUT2D eigenvalue weighted by Gasteiger charge is -1.91. The molecule has 0 rings (SSSR count). The Morgan fingerprint density at radius 1 is 1.75 bits per heavy atom. The van der Waals surface area contributed by atoms with E-state index in [0.29, 0.717) is 5.57 Å². The van der Waals surface area contributed by atoms with Gasteiger partial charge in [-0.1, -0.05) is 25.3 Å². The number of thioether (sulfide) groups is 1. The van der Waals surface area contributed by atoms with Crippen LogP contribution in [0.5, 0.6) is 0 Å². The van der Waals surface area contributed by atoms with Crippen LogP contribution in [0.2, 0.25) is 0 Å². The quantitative estimate of drug-likeness (QED) is 0.530. The normalized spacial score (nSPS) is 8.75. The molecule has 0 fully saturated rings. The van der Waals surface area contributed by atoms with Crippen LogP contribution in [0, 0.1) is 0 Å². The first-order valence-corrected chi connectivity index (χ1v) is 3.49. The molecule has 0 aromatic carbocycles. The van der Waals surface area contributed by atoms with Crippen molar-refractivity contribution in [2.45, 2.75) is 13.8 Å². The van der Waals surface area contributed by atoms with Crippen LogP contribution in [0.25, 0.3) is 0 Å². The van der Waals surface area contributed by atoms with E-state index >= 15 is 0 Å². The standard InChI is InChI=1S/C6H10OS/c1-4-8-6(7)5(2)3/h2,4H2,1,3H3. The molecule has 0 spiro atoms. The highest BCUT2D eigenvalue weighted by Gasteiger charge is 1.97. The Labute approximate surface area is 54.2 Å². The van der Waals surface area contributed by atoms with Crippen LogP contribution >= 0.6 is 11.8 Å². The summed E-state index contributed by atoms with van der Waals surface area (Å²) in [4.78, 5) is 10.6. The molecule has 0 N–H and O–H groups in total. The minimum atomic E-state index is 0.104. The van der Waals surface area contributed by atoms with Crippen molar-refractivity contribution in [1.29, 1.82) is 0 Å². The van der Waals surface area contributed by atoms with Gasteiger partial charge in [-0.25, -0.2) is 0 Å². The fraction of sp³-hybridized carbons (Fsp3) is 0.500. The van der Waals surface area contributed by atoms with Crippen LogP contribution in [-0.4, -0.2) is 10.9 Å². The first kappa shape index (κ1) is 7.76. The molecule has 0 atom stereocenters. The maximum Gasteiger partial charge on any atom is 0.214 e. The SMILES string of the molecule is C=C(C)C(=O)SCC. The third kappa shape index (κ3) is 2.86. The molecule has 0 aliphatic rings. The molecular weight excluding hydrogens is 120 g/mol. The molecule has 2 heteroatoms. The highest BCUT2D eigenvalue weighted by Crippen LogP contribution is 2.06. The van der Waals surface area contributed by atoms with Gasteiger partial charge in [0.1, 0.15) is 0 Å². The topological polar surface area (TPSA) is 17.1 Å². The molecule has 0 aliphatic heterocycles. The van der Waals surface area contributed by atoms with Gasteiger partial charge in [0.2, 0.25) is 5.12 Å². The molecule has 0 saturated carbocycles. The summed E-state index contributed by atoms with van der Waals surface area (Å²) in [7, 11) is 0. The van der Waals surface area contributed by atoms with E-state index in [1.807, 2.05) is 6.92 Å². The van der Waals surface area contributed by atoms with Crippen LogP contribution in [0.4, 0.5) is 0 Å². The fourth-order valence-electron chi connectivity index (χ4n) is 0.254. The summed E-state index contributed by atoms with van der Waals surface area (Å²) in [5.41, 5.74) is 0.636. The second-order valence-electron chi connectivity index (χ2n) is 1.50. The van der Waals surface area contributed by atoms with Gasteiger partial charge in [-0.15, -0.1) is 0 Å². The molecule has 0 heterocycles. The predicted molar refractivity (Wildman–Crippen MR) is 38.0 cm³/mol. The molecule has 0 aromatic heterocycles. The third-order valence-corrected chi connectivity index (χ3v) is 1.52. The number of carbonyl (C=O) groups excluding carboxylic acids is 1. The average molecular weight is 130 g/mol. The molecule has 0 amide bonds. The van der Waals surface area contributed by atoms with Crippen molar-refractivity contribution in [1.82, 2.24) is 0 Å². The van der Waals surface area contributed by atoms with Crippen LogP contribution < -0.4 is 0 Å². The minimum Gasteiger partial charge on any atom is -0.282 e. The fourth-order valence-corrected chi connectivity index (χ4v) is 0.763. The Morgan fingerprint density at radius 3 is 2.38 bits per heavy atom. The van der Waals surface area contributed by atoms with Gasteiger partial charge in [0.25, 0.3) is 0 Å². The number of rotatable bonds is 2. The molecule has 46 valence electrons. The largest absolute Gasteiger partial charge is 0.282 e. The van der Waals surface area contributed by atoms with Crippen molar-refractivity contribution in [3.05, 3.63) is 12.2 Å². The van der Waals surface area contributed by atoms with Gasteiger partial charge in [-0.2, -0.15) is 0 Å². The maximum absolute atomic E-state index is 10.6. The Kier molecular flexibility index (Phi) is 3.61. The van der Waals surface area contributed by atoms with Crippen molar-refractivity contribution < 1.29 is 4.79 Å². The molecule has 0 unspecified atom stereocenters. The average Bonchev–Trinajstić information content (AvgIpc) is 1.67. The summed E-state index contributed by atoms with van der Waals surface area (Å²) in [5, 5.41) is 0.104. The van der Waals surface area contributed by atoms with E-state index < -0.39 is 0 Å². The summed E-state index contributed by atoms with van der Waals surface area (Å²) in [6, 6.07) is 0. The second-order valence-corrected chi connectivity index (χ2v) is 2.74. The molecule has 0 radical (unpaired) electrons. The molecule has 0 bridgehead atoms. The second kappa shape index (κ2) is 3.72. The van der Waals surface area contributed by atoms with Gasteiger partial charge in [-0.05, 0) is 18.2 Å². The van der Waals surface area contributed by atoms with Crippen LogP contribution in [0.1, 0.15) is 13.8 Å². The highest BCUT2D eigenvalue weighted by atomic mass is 32.2. The van der Waals surface area contributed by atoms with Gasteiger partial charge in [-0.3, -0.25) is 4.79 Å². The van der Waals surface area contributed by atoms with E-state index in [9.17, 15) is 4.79 Å². The van der Waals surface area contributed by atoms with Gasteiger partial charge in [0.15, 0.2) is 0 Å². The minimum absolute atomic E-state index is 0.104. The van der Waals surface area contributed by atoms with Crippen LogP contribution in [0.15, 0.2) is 12.2 Å². The Hall–Kier alpha value is -0.240. The summed E-state index contributed by atoms with van der Waals surface area (Å²) in [5.74, 6) is 0.839. The summed E-state index contributed by atoms with van der Waals surface area (Å²) >= 11 is 1.30. The van der Waals surface area contributed by atoms with Crippen molar-refractivity contribution in [2.24, 2.45) is 0 Å². The van der Waals surface area contributed by atoms with Gasteiger partial charge >= 0.3 is 0 Å². The molecule has 8 heavy (non-hydrogen) atoms. The first-order chi connectivity index (χ1) is 3.68. The van der Waals surface area contributed by atoms with E-state index in [1.54, 1.807) is 6.92 Å². The van der Waals surface area contributed by atoms with E-state index in [2.05, 4.69) is 6.58 Å². The number of carbonyl (C=O) groups is 1. The van der Waals surface area contributed by atoms with Crippen molar-refractivity contribution >= 4 is 16.9 Å². The summed E-state index contributed by atoms with van der Waals surface area (Å²) in [6.07, 6.45) is 0. The Bertz CT molecular complexity index is 107. The highest BCUT2D eigenvalue weighted by molar-refractivity contribution is 8.14. The Morgan fingerprint density at radius 2 is 2.25 bits per heavy atom. The Balaban J connectivity index is 3.49. The third-order valence-electron chi connectivity index (χ3n) is 0.624. The van der Waals surface area contributed by atoms with Gasteiger partial charge in [0.05, 0.1) is 0 Å². The molecular formula is C6H10OS. The van der Waals surface area contributed by atoms with E-state index in [1.165, 1.54) is 11.8 Å². The first-order valence-electron chi connectivity index (χ1n) is 2.51. The lowest BCUT2D eigenvalue weighted by atomic mass is 10.4. The molecule has 0 saturated heterocycles. The number of hydrogen-bond donors (Lipinski definition) is 0. The zero-order chi connectivity index (χ0) is 6.57. The summed E-state index contributed by atoms with van der Waals surface area (Å²) in [6.45, 7) is 7.18. The van der Waals surface area contributed by atoms with Crippen molar-refractivity contribution in [3.63, 3.8) is 0 Å². The van der Waals surface area contributed by atoms with Crippen LogP contribution in [-0.2, 0) is 4.79 Å². The lowest BCUT2D eigenvalue weighted by molar-refractivity contribution is -0.107. The maximum atomic E-state index is 10.6. The van der Waals surface area contributed by atoms with Crippen molar-refractivity contribution in [3.8, 4) is 0 Å². The molecule has 0 aliphatic carbocycles. The zero-order valence-electron chi connectivity index (χ0n) is 5.23. The van der Waals surface area contributed by atoms with Crippen molar-refractivity contribution in [2.75, 3.05) is 5.75 Å². The van der Waals surface area contributed by atoms with E-state index in [4.69, 9.17) is 0 Å². The monoisotopic (exact) mass is 130 g/mol. The zero-order valence-corrected chi connectivity index (χ0v) is 6.05. The lowest BCUT2D eigenvalue weighted by Crippen LogP contribution is -1.90. The smallest absolute Gasteiger partial charge is 0.214 e.